The Morgan fingerprint density at radius 3 is 2.47 bits per heavy atom. The number of aliphatic hydroxyl groups excluding tert-OH is 1. The van der Waals surface area contributed by atoms with Gasteiger partial charge in [-0.25, -0.2) is 0 Å². The summed E-state index contributed by atoms with van der Waals surface area (Å²) < 4.78 is 0. The zero-order valence-electron chi connectivity index (χ0n) is 11.1. The highest BCUT2D eigenvalue weighted by atomic mass is 16.3. The van der Waals surface area contributed by atoms with Gasteiger partial charge in [0, 0.05) is 19.5 Å². The van der Waals surface area contributed by atoms with Crippen molar-refractivity contribution < 1.29 is 9.90 Å². The van der Waals surface area contributed by atoms with E-state index in [1.54, 1.807) is 0 Å². The molecule has 1 aliphatic rings. The third kappa shape index (κ3) is 5.04. The Morgan fingerprint density at radius 1 is 1.41 bits per heavy atom. The molecule has 0 spiro atoms. The molecule has 0 aromatic heterocycles. The molecule has 1 aliphatic heterocycles. The largest absolute Gasteiger partial charge is 0.393 e. The molecule has 1 heterocycles. The molecule has 1 fully saturated rings. The average molecular weight is 242 g/mol. The van der Waals surface area contributed by atoms with Crippen LogP contribution in [0.4, 0.5) is 0 Å². The van der Waals surface area contributed by atoms with Crippen LogP contribution in [0.1, 0.15) is 39.5 Å². The Kier molecular flexibility index (Phi) is 5.92. The quantitative estimate of drug-likeness (QED) is 0.755. The van der Waals surface area contributed by atoms with E-state index in [0.717, 1.165) is 6.42 Å². The van der Waals surface area contributed by atoms with Crippen LogP contribution < -0.4 is 5.73 Å². The lowest BCUT2D eigenvalue weighted by Gasteiger charge is -2.31. The van der Waals surface area contributed by atoms with Crippen molar-refractivity contribution in [3.63, 3.8) is 0 Å². The molecule has 1 rings (SSSR count). The Hall–Kier alpha value is -0.610. The van der Waals surface area contributed by atoms with E-state index in [4.69, 9.17) is 5.73 Å². The SMILES string of the molecule is CC(C)C[C@H](CN)CC(=O)N1CCC(O)CC1. The van der Waals surface area contributed by atoms with E-state index in [1.165, 1.54) is 0 Å². The second-order valence-corrected chi connectivity index (χ2v) is 5.55. The highest BCUT2D eigenvalue weighted by Crippen LogP contribution is 2.18. The van der Waals surface area contributed by atoms with Crippen LogP contribution in [0.2, 0.25) is 0 Å². The maximum atomic E-state index is 12.0. The topological polar surface area (TPSA) is 66.6 Å². The van der Waals surface area contributed by atoms with Crippen molar-refractivity contribution >= 4 is 5.91 Å². The van der Waals surface area contributed by atoms with Gasteiger partial charge in [-0.1, -0.05) is 13.8 Å². The van der Waals surface area contributed by atoms with Gasteiger partial charge in [0.1, 0.15) is 0 Å². The summed E-state index contributed by atoms with van der Waals surface area (Å²) in [6.07, 6.45) is 2.77. The minimum absolute atomic E-state index is 0.202. The van der Waals surface area contributed by atoms with Gasteiger partial charge in [0.25, 0.3) is 0 Å². The third-order valence-electron chi connectivity index (χ3n) is 3.42. The fourth-order valence-corrected chi connectivity index (χ4v) is 2.42. The van der Waals surface area contributed by atoms with Gasteiger partial charge in [-0.3, -0.25) is 4.79 Å². The van der Waals surface area contributed by atoms with E-state index < -0.39 is 0 Å². The van der Waals surface area contributed by atoms with E-state index in [2.05, 4.69) is 13.8 Å². The van der Waals surface area contributed by atoms with Crippen LogP contribution in [0, 0.1) is 11.8 Å². The summed E-state index contributed by atoms with van der Waals surface area (Å²) in [6, 6.07) is 0. The highest BCUT2D eigenvalue weighted by Gasteiger charge is 2.23. The highest BCUT2D eigenvalue weighted by molar-refractivity contribution is 5.76. The number of amides is 1. The van der Waals surface area contributed by atoms with Crippen molar-refractivity contribution in [2.24, 2.45) is 17.6 Å². The molecular formula is C13H26N2O2. The number of piperidine rings is 1. The van der Waals surface area contributed by atoms with Crippen LogP contribution in [0.25, 0.3) is 0 Å². The third-order valence-corrected chi connectivity index (χ3v) is 3.42. The van der Waals surface area contributed by atoms with Gasteiger partial charge in [-0.2, -0.15) is 0 Å². The van der Waals surface area contributed by atoms with Crippen LogP contribution in [0.3, 0.4) is 0 Å². The van der Waals surface area contributed by atoms with Crippen LogP contribution >= 0.6 is 0 Å². The summed E-state index contributed by atoms with van der Waals surface area (Å²) in [5.74, 6) is 1.09. The number of rotatable bonds is 5. The maximum Gasteiger partial charge on any atom is 0.222 e. The van der Waals surface area contributed by atoms with Gasteiger partial charge in [-0.15, -0.1) is 0 Å². The summed E-state index contributed by atoms with van der Waals surface area (Å²) in [5, 5.41) is 9.40. The number of hydrogen-bond acceptors (Lipinski definition) is 3. The van der Waals surface area contributed by atoms with E-state index in [-0.39, 0.29) is 12.0 Å². The van der Waals surface area contributed by atoms with Gasteiger partial charge >= 0.3 is 0 Å². The van der Waals surface area contributed by atoms with Crippen molar-refractivity contribution in [1.82, 2.24) is 4.90 Å². The van der Waals surface area contributed by atoms with Gasteiger partial charge in [0.15, 0.2) is 0 Å². The van der Waals surface area contributed by atoms with Crippen molar-refractivity contribution in [3.8, 4) is 0 Å². The molecule has 1 saturated heterocycles. The summed E-state index contributed by atoms with van der Waals surface area (Å²) in [7, 11) is 0. The summed E-state index contributed by atoms with van der Waals surface area (Å²) in [5.41, 5.74) is 5.71. The molecule has 0 radical (unpaired) electrons. The molecule has 0 saturated carbocycles. The molecule has 1 amide bonds. The molecule has 100 valence electrons. The van der Waals surface area contributed by atoms with Crippen molar-refractivity contribution in [2.75, 3.05) is 19.6 Å². The van der Waals surface area contributed by atoms with Crippen molar-refractivity contribution in [3.05, 3.63) is 0 Å². The smallest absolute Gasteiger partial charge is 0.222 e. The number of carbonyl (C=O) groups is 1. The minimum Gasteiger partial charge on any atom is -0.393 e. The molecule has 0 aromatic rings. The second kappa shape index (κ2) is 6.97. The number of aliphatic hydroxyl groups is 1. The second-order valence-electron chi connectivity index (χ2n) is 5.55. The van der Waals surface area contributed by atoms with Crippen molar-refractivity contribution in [1.29, 1.82) is 0 Å². The van der Waals surface area contributed by atoms with E-state index in [1.807, 2.05) is 4.90 Å². The molecule has 0 aromatic carbocycles. The number of carbonyl (C=O) groups excluding carboxylic acids is 1. The first-order chi connectivity index (χ1) is 8.02. The number of likely N-dealkylation sites (tertiary alicyclic amines) is 1. The molecule has 4 heteroatoms. The average Bonchev–Trinajstić information content (AvgIpc) is 2.28. The lowest BCUT2D eigenvalue weighted by atomic mass is 9.93. The minimum atomic E-state index is -0.222. The predicted molar refractivity (Wildman–Crippen MR) is 68.4 cm³/mol. The van der Waals surface area contributed by atoms with Crippen molar-refractivity contribution in [2.45, 2.75) is 45.6 Å². The van der Waals surface area contributed by atoms with E-state index in [0.29, 0.717) is 50.7 Å². The molecule has 0 bridgehead atoms. The number of nitrogens with two attached hydrogens (primary N) is 1. The summed E-state index contributed by atoms with van der Waals surface area (Å²) in [6.45, 7) is 6.28. The fraction of sp³-hybridized carbons (Fsp3) is 0.923. The fourth-order valence-electron chi connectivity index (χ4n) is 2.42. The molecule has 17 heavy (non-hydrogen) atoms. The van der Waals surface area contributed by atoms with Crippen LogP contribution in [0.5, 0.6) is 0 Å². The predicted octanol–water partition coefficient (Wildman–Crippen LogP) is 0.981. The molecular weight excluding hydrogens is 216 g/mol. The Bertz CT molecular complexity index is 236. The molecule has 1 atom stereocenters. The standard InChI is InChI=1S/C13H26N2O2/c1-10(2)7-11(9-14)8-13(17)15-5-3-12(16)4-6-15/h10-12,16H,3-9,14H2,1-2H3/t11-/m0/s1. The molecule has 0 unspecified atom stereocenters. The molecule has 0 aliphatic carbocycles. The lowest BCUT2D eigenvalue weighted by Crippen LogP contribution is -2.41. The maximum absolute atomic E-state index is 12.0. The normalized spacial score (nSPS) is 19.7. The first-order valence-electron chi connectivity index (χ1n) is 6.68. The molecule has 4 nitrogen and oxygen atoms in total. The van der Waals surface area contributed by atoms with Crippen LogP contribution in [0.15, 0.2) is 0 Å². The summed E-state index contributed by atoms with van der Waals surface area (Å²) in [4.78, 5) is 13.9. The van der Waals surface area contributed by atoms with Gasteiger partial charge < -0.3 is 15.7 Å². The number of nitrogens with zero attached hydrogens (tertiary/aromatic N) is 1. The van der Waals surface area contributed by atoms with Crippen LogP contribution in [-0.4, -0.2) is 41.7 Å². The van der Waals surface area contributed by atoms with Gasteiger partial charge in [0.05, 0.1) is 6.10 Å². The molecule has 3 N–H and O–H groups in total. The van der Waals surface area contributed by atoms with Crippen LogP contribution in [-0.2, 0) is 4.79 Å². The Morgan fingerprint density at radius 2 is 2.00 bits per heavy atom. The van der Waals surface area contributed by atoms with Gasteiger partial charge in [-0.05, 0) is 37.6 Å². The Balaban J connectivity index is 2.36. The van der Waals surface area contributed by atoms with Gasteiger partial charge in [0.2, 0.25) is 5.91 Å². The lowest BCUT2D eigenvalue weighted by molar-refractivity contribution is -0.134. The van der Waals surface area contributed by atoms with E-state index in [9.17, 15) is 9.90 Å². The summed E-state index contributed by atoms with van der Waals surface area (Å²) >= 11 is 0. The monoisotopic (exact) mass is 242 g/mol. The first-order valence-corrected chi connectivity index (χ1v) is 6.68. The Labute approximate surface area is 104 Å². The first kappa shape index (κ1) is 14.5. The number of hydrogen-bond donors (Lipinski definition) is 2. The zero-order chi connectivity index (χ0) is 12.8. The van der Waals surface area contributed by atoms with E-state index >= 15 is 0 Å². The zero-order valence-corrected chi connectivity index (χ0v) is 11.1.